The molecule has 1 aromatic heterocycles. The van der Waals surface area contributed by atoms with Gasteiger partial charge in [0.15, 0.2) is 0 Å². The Morgan fingerprint density at radius 1 is 1.20 bits per heavy atom. The molecule has 1 aliphatic carbocycles. The van der Waals surface area contributed by atoms with E-state index in [9.17, 15) is 4.79 Å². The number of aromatic nitrogens is 1. The van der Waals surface area contributed by atoms with Gasteiger partial charge < -0.3 is 10.6 Å². The van der Waals surface area contributed by atoms with Crippen molar-refractivity contribution in [2.75, 3.05) is 5.73 Å². The maximum absolute atomic E-state index is 12.7. The van der Waals surface area contributed by atoms with Crippen molar-refractivity contribution in [2.24, 2.45) is 0 Å². The van der Waals surface area contributed by atoms with Gasteiger partial charge in [0.1, 0.15) is 0 Å². The van der Waals surface area contributed by atoms with Crippen LogP contribution in [-0.4, -0.2) is 21.8 Å². The lowest BCUT2D eigenvalue weighted by molar-refractivity contribution is 0.0731. The number of hydrogen-bond donors (Lipinski definition) is 1. The van der Waals surface area contributed by atoms with E-state index in [0.29, 0.717) is 23.8 Å². The molecule has 1 saturated carbocycles. The summed E-state index contributed by atoms with van der Waals surface area (Å²) in [5, 5.41) is 0. The molecule has 102 valence electrons. The number of pyridine rings is 1. The Kier molecular flexibility index (Phi) is 3.37. The number of para-hydroxylation sites is 1. The van der Waals surface area contributed by atoms with Gasteiger partial charge in [-0.05, 0) is 42.7 Å². The van der Waals surface area contributed by atoms with Crippen LogP contribution in [0.25, 0.3) is 0 Å². The summed E-state index contributed by atoms with van der Waals surface area (Å²) in [5.41, 5.74) is 8.14. The minimum Gasteiger partial charge on any atom is -0.398 e. The molecule has 4 nitrogen and oxygen atoms in total. The predicted molar refractivity (Wildman–Crippen MR) is 78.0 cm³/mol. The van der Waals surface area contributed by atoms with E-state index in [1.165, 1.54) is 0 Å². The highest BCUT2D eigenvalue weighted by Crippen LogP contribution is 2.30. The Bertz CT molecular complexity index is 608. The van der Waals surface area contributed by atoms with Crippen LogP contribution in [0.15, 0.2) is 48.8 Å². The standard InChI is InChI=1S/C16H17N3O/c17-15-4-2-1-3-14(15)16(20)19(13-5-6-13)11-12-7-9-18-10-8-12/h1-4,7-10,13H,5-6,11,17H2. The molecule has 0 radical (unpaired) electrons. The van der Waals surface area contributed by atoms with Crippen LogP contribution in [0.3, 0.4) is 0 Å². The highest BCUT2D eigenvalue weighted by Gasteiger charge is 2.33. The van der Waals surface area contributed by atoms with Crippen LogP contribution in [-0.2, 0) is 6.54 Å². The number of carbonyl (C=O) groups is 1. The molecule has 0 spiro atoms. The summed E-state index contributed by atoms with van der Waals surface area (Å²) in [4.78, 5) is 18.6. The molecule has 0 aliphatic heterocycles. The second kappa shape index (κ2) is 5.33. The number of anilines is 1. The topological polar surface area (TPSA) is 59.2 Å². The Morgan fingerprint density at radius 3 is 2.55 bits per heavy atom. The number of nitrogens with zero attached hydrogens (tertiary/aromatic N) is 2. The van der Waals surface area contributed by atoms with Gasteiger partial charge in [0, 0.05) is 30.7 Å². The van der Waals surface area contributed by atoms with Crippen molar-refractivity contribution in [2.45, 2.75) is 25.4 Å². The molecule has 0 bridgehead atoms. The second-order valence-corrected chi connectivity index (χ2v) is 5.11. The molecule has 20 heavy (non-hydrogen) atoms. The third-order valence-electron chi connectivity index (χ3n) is 3.54. The van der Waals surface area contributed by atoms with Gasteiger partial charge in [0.2, 0.25) is 0 Å². The fraction of sp³-hybridized carbons (Fsp3) is 0.250. The van der Waals surface area contributed by atoms with Crippen LogP contribution in [0.4, 0.5) is 5.69 Å². The third kappa shape index (κ3) is 2.64. The summed E-state index contributed by atoms with van der Waals surface area (Å²) >= 11 is 0. The molecule has 4 heteroatoms. The largest absolute Gasteiger partial charge is 0.398 e. The molecule has 1 aliphatic rings. The monoisotopic (exact) mass is 267 g/mol. The van der Waals surface area contributed by atoms with E-state index in [1.54, 1.807) is 24.5 Å². The molecule has 2 N–H and O–H groups in total. The van der Waals surface area contributed by atoms with Crippen LogP contribution in [0.5, 0.6) is 0 Å². The zero-order chi connectivity index (χ0) is 13.9. The number of carbonyl (C=O) groups excluding carboxylic acids is 1. The van der Waals surface area contributed by atoms with Crippen molar-refractivity contribution in [1.29, 1.82) is 0 Å². The van der Waals surface area contributed by atoms with Crippen molar-refractivity contribution in [1.82, 2.24) is 9.88 Å². The van der Waals surface area contributed by atoms with E-state index in [4.69, 9.17) is 5.73 Å². The first-order valence-corrected chi connectivity index (χ1v) is 6.80. The lowest BCUT2D eigenvalue weighted by atomic mass is 10.1. The lowest BCUT2D eigenvalue weighted by Crippen LogP contribution is -2.33. The molecule has 0 unspecified atom stereocenters. The van der Waals surface area contributed by atoms with Gasteiger partial charge in [0.25, 0.3) is 5.91 Å². The van der Waals surface area contributed by atoms with Gasteiger partial charge in [-0.1, -0.05) is 12.1 Å². The summed E-state index contributed by atoms with van der Waals surface area (Å²) in [6.07, 6.45) is 5.65. The normalized spacial score (nSPS) is 14.0. The van der Waals surface area contributed by atoms with E-state index in [-0.39, 0.29) is 5.91 Å². The molecule has 0 atom stereocenters. The molecule has 1 amide bonds. The number of amides is 1. The molecule has 0 saturated heterocycles. The van der Waals surface area contributed by atoms with Crippen molar-refractivity contribution in [3.05, 3.63) is 59.9 Å². The van der Waals surface area contributed by atoms with E-state index in [0.717, 1.165) is 18.4 Å². The molecule has 1 fully saturated rings. The van der Waals surface area contributed by atoms with Crippen molar-refractivity contribution < 1.29 is 4.79 Å². The number of rotatable bonds is 4. The predicted octanol–water partition coefficient (Wildman–Crippen LogP) is 2.47. The van der Waals surface area contributed by atoms with Crippen molar-refractivity contribution in [3.63, 3.8) is 0 Å². The molecule has 1 aromatic carbocycles. The van der Waals surface area contributed by atoms with E-state index in [1.807, 2.05) is 29.2 Å². The smallest absolute Gasteiger partial charge is 0.256 e. The average Bonchev–Trinajstić information content (AvgIpc) is 3.30. The fourth-order valence-electron chi connectivity index (χ4n) is 2.28. The number of nitrogen functional groups attached to an aromatic ring is 1. The summed E-state index contributed by atoms with van der Waals surface area (Å²) in [6, 6.07) is 11.5. The Morgan fingerprint density at radius 2 is 1.90 bits per heavy atom. The molecule has 3 rings (SSSR count). The average molecular weight is 267 g/mol. The van der Waals surface area contributed by atoms with Crippen LogP contribution < -0.4 is 5.73 Å². The summed E-state index contributed by atoms with van der Waals surface area (Å²) in [7, 11) is 0. The van der Waals surface area contributed by atoms with Crippen molar-refractivity contribution in [3.8, 4) is 0 Å². The number of benzene rings is 1. The summed E-state index contributed by atoms with van der Waals surface area (Å²) < 4.78 is 0. The van der Waals surface area contributed by atoms with Crippen LogP contribution in [0.2, 0.25) is 0 Å². The van der Waals surface area contributed by atoms with Crippen LogP contribution in [0, 0.1) is 0 Å². The molecular weight excluding hydrogens is 250 g/mol. The Labute approximate surface area is 118 Å². The first kappa shape index (κ1) is 12.7. The zero-order valence-corrected chi connectivity index (χ0v) is 11.2. The second-order valence-electron chi connectivity index (χ2n) is 5.11. The van der Waals surface area contributed by atoms with Gasteiger partial charge in [-0.2, -0.15) is 0 Å². The molecule has 2 aromatic rings. The van der Waals surface area contributed by atoms with Crippen LogP contribution >= 0.6 is 0 Å². The fourth-order valence-corrected chi connectivity index (χ4v) is 2.28. The third-order valence-corrected chi connectivity index (χ3v) is 3.54. The number of hydrogen-bond acceptors (Lipinski definition) is 3. The minimum absolute atomic E-state index is 0.0161. The van der Waals surface area contributed by atoms with Gasteiger partial charge in [-0.25, -0.2) is 0 Å². The van der Waals surface area contributed by atoms with E-state index < -0.39 is 0 Å². The zero-order valence-electron chi connectivity index (χ0n) is 11.2. The Balaban J connectivity index is 1.84. The van der Waals surface area contributed by atoms with Gasteiger partial charge in [0.05, 0.1) is 5.56 Å². The molecular formula is C16H17N3O. The number of nitrogens with two attached hydrogens (primary N) is 1. The Hall–Kier alpha value is -2.36. The maximum Gasteiger partial charge on any atom is 0.256 e. The highest BCUT2D eigenvalue weighted by molar-refractivity contribution is 5.99. The minimum atomic E-state index is 0.0161. The molecule has 1 heterocycles. The summed E-state index contributed by atoms with van der Waals surface area (Å²) in [5.74, 6) is 0.0161. The maximum atomic E-state index is 12.7. The summed E-state index contributed by atoms with van der Waals surface area (Å²) in [6.45, 7) is 0.611. The van der Waals surface area contributed by atoms with E-state index >= 15 is 0 Å². The first-order valence-electron chi connectivity index (χ1n) is 6.80. The quantitative estimate of drug-likeness (QED) is 0.866. The van der Waals surface area contributed by atoms with Crippen LogP contribution in [0.1, 0.15) is 28.8 Å². The highest BCUT2D eigenvalue weighted by atomic mass is 16.2. The lowest BCUT2D eigenvalue weighted by Gasteiger charge is -2.23. The first-order chi connectivity index (χ1) is 9.75. The van der Waals surface area contributed by atoms with Gasteiger partial charge in [-0.3, -0.25) is 9.78 Å². The van der Waals surface area contributed by atoms with E-state index in [2.05, 4.69) is 4.98 Å². The SMILES string of the molecule is Nc1ccccc1C(=O)N(Cc1ccncc1)C1CC1. The van der Waals surface area contributed by atoms with Crippen molar-refractivity contribution >= 4 is 11.6 Å². The van der Waals surface area contributed by atoms with Gasteiger partial charge >= 0.3 is 0 Å². The van der Waals surface area contributed by atoms with Gasteiger partial charge in [-0.15, -0.1) is 0 Å².